The fourth-order valence-electron chi connectivity index (χ4n) is 1.62. The molecule has 6 heteroatoms. The smallest absolute Gasteiger partial charge is 0.247 e. The van der Waals surface area contributed by atoms with E-state index in [-0.39, 0.29) is 0 Å². The third-order valence-corrected chi connectivity index (χ3v) is 2.48. The number of anilines is 1. The maximum absolute atomic E-state index is 12.1. The average molecular weight is 244 g/mol. The summed E-state index contributed by atoms with van der Waals surface area (Å²) in [6.07, 6.45) is 3.22. The number of ether oxygens (including phenoxy) is 1. The van der Waals surface area contributed by atoms with E-state index >= 15 is 0 Å². The maximum atomic E-state index is 12.1. The molecule has 0 aliphatic carbocycles. The predicted molar refractivity (Wildman–Crippen MR) is 64.2 cm³/mol. The van der Waals surface area contributed by atoms with Crippen molar-refractivity contribution in [2.75, 3.05) is 5.54 Å². The lowest BCUT2D eigenvalue weighted by atomic mass is 10.3. The maximum Gasteiger partial charge on any atom is 0.247 e. The van der Waals surface area contributed by atoms with Gasteiger partial charge in [-0.3, -0.25) is 0 Å². The van der Waals surface area contributed by atoms with Crippen LogP contribution in [0.3, 0.4) is 0 Å². The molecule has 1 aromatic carbocycles. The Bertz CT molecular complexity index is 665. The van der Waals surface area contributed by atoms with Crippen molar-refractivity contribution in [3.05, 3.63) is 48.9 Å². The number of benzene rings is 1. The Kier molecular flexibility index (Phi) is 2.53. The molecule has 2 heterocycles. The number of halogens is 1. The lowest BCUT2D eigenvalue weighted by molar-refractivity contribution is 0.463. The normalized spacial score (nSPS) is 10.5. The lowest BCUT2D eigenvalue weighted by Crippen LogP contribution is -1.95. The van der Waals surface area contributed by atoms with Crippen LogP contribution in [0.5, 0.6) is 11.6 Å². The van der Waals surface area contributed by atoms with Gasteiger partial charge in [0.15, 0.2) is 0 Å². The summed E-state index contributed by atoms with van der Waals surface area (Å²) >= 11 is 0. The summed E-state index contributed by atoms with van der Waals surface area (Å²) in [5.74, 6) is 1.03. The molecule has 3 aromatic rings. The van der Waals surface area contributed by atoms with Gasteiger partial charge in [-0.15, -0.1) is 4.48 Å². The van der Waals surface area contributed by atoms with Crippen LogP contribution in [0.1, 0.15) is 0 Å². The first-order valence-electron chi connectivity index (χ1n) is 5.30. The van der Waals surface area contributed by atoms with Crippen LogP contribution in [-0.4, -0.2) is 14.6 Å². The van der Waals surface area contributed by atoms with Gasteiger partial charge >= 0.3 is 0 Å². The number of hydrogen-bond donors (Lipinski definition) is 1. The summed E-state index contributed by atoms with van der Waals surface area (Å²) in [5, 5.41) is 4.04. The highest BCUT2D eigenvalue weighted by Crippen LogP contribution is 2.24. The minimum atomic E-state index is 0.373. The van der Waals surface area contributed by atoms with Gasteiger partial charge in [0, 0.05) is 6.20 Å². The van der Waals surface area contributed by atoms with Gasteiger partial charge in [0.1, 0.15) is 17.6 Å². The second-order valence-corrected chi connectivity index (χ2v) is 3.62. The van der Waals surface area contributed by atoms with Crippen molar-refractivity contribution >= 4 is 11.2 Å². The van der Waals surface area contributed by atoms with Gasteiger partial charge in [-0.05, 0) is 36.4 Å². The molecule has 3 rings (SSSR count). The minimum absolute atomic E-state index is 0.373. The molecule has 5 nitrogen and oxygen atoms in total. The molecular weight excluding hydrogens is 235 g/mol. The molecule has 2 aromatic heterocycles. The summed E-state index contributed by atoms with van der Waals surface area (Å²) in [4.78, 5) is 4.07. The van der Waals surface area contributed by atoms with Gasteiger partial charge in [-0.25, -0.2) is 10.1 Å². The molecule has 0 bridgehead atoms. The zero-order chi connectivity index (χ0) is 12.4. The quantitative estimate of drug-likeness (QED) is 0.720. The van der Waals surface area contributed by atoms with E-state index in [1.807, 2.05) is 12.1 Å². The SMILES string of the molecule is FNc1ccc(Oc2ncnn3cccc23)cc1. The largest absolute Gasteiger partial charge is 0.437 e. The summed E-state index contributed by atoms with van der Waals surface area (Å²) in [7, 11) is 0. The molecule has 0 unspecified atom stereocenters. The molecule has 0 aliphatic rings. The number of nitrogens with one attached hydrogen (secondary N) is 1. The van der Waals surface area contributed by atoms with Gasteiger partial charge in [-0.1, -0.05) is 0 Å². The van der Waals surface area contributed by atoms with Crippen molar-refractivity contribution in [1.29, 1.82) is 0 Å². The second-order valence-electron chi connectivity index (χ2n) is 3.62. The van der Waals surface area contributed by atoms with E-state index in [0.717, 1.165) is 5.52 Å². The molecule has 0 saturated carbocycles. The van der Waals surface area contributed by atoms with E-state index in [9.17, 15) is 4.48 Å². The Morgan fingerprint density at radius 2 is 2.00 bits per heavy atom. The van der Waals surface area contributed by atoms with E-state index in [1.54, 1.807) is 40.5 Å². The summed E-state index contributed by atoms with van der Waals surface area (Å²) < 4.78 is 19.4. The fraction of sp³-hybridized carbons (Fsp3) is 0. The van der Waals surface area contributed by atoms with Gasteiger partial charge < -0.3 is 4.74 Å². The van der Waals surface area contributed by atoms with Crippen molar-refractivity contribution in [2.24, 2.45) is 0 Å². The standard InChI is InChI=1S/C12H9FN4O/c13-16-9-3-5-10(6-4-9)18-12-11-2-1-7-17(11)15-8-14-12/h1-8,16H. The molecule has 0 aliphatic heterocycles. The molecule has 0 amide bonds. The van der Waals surface area contributed by atoms with E-state index in [1.165, 1.54) is 6.33 Å². The third kappa shape index (κ3) is 1.84. The van der Waals surface area contributed by atoms with Crippen molar-refractivity contribution in [1.82, 2.24) is 14.6 Å². The third-order valence-electron chi connectivity index (χ3n) is 2.48. The van der Waals surface area contributed by atoms with Gasteiger partial charge in [0.05, 0.1) is 5.69 Å². The Morgan fingerprint density at radius 3 is 2.78 bits per heavy atom. The first kappa shape index (κ1) is 10.5. The average Bonchev–Trinajstić information content (AvgIpc) is 2.89. The number of rotatable bonds is 3. The zero-order valence-electron chi connectivity index (χ0n) is 9.25. The van der Waals surface area contributed by atoms with Crippen LogP contribution in [0.25, 0.3) is 5.52 Å². The highest BCUT2D eigenvalue weighted by molar-refractivity contribution is 5.57. The number of nitrogens with zero attached hydrogens (tertiary/aromatic N) is 3. The van der Waals surface area contributed by atoms with Crippen LogP contribution in [-0.2, 0) is 0 Å². The molecule has 0 fully saturated rings. The van der Waals surface area contributed by atoms with Crippen molar-refractivity contribution in [3.63, 3.8) is 0 Å². The number of fused-ring (bicyclic) bond motifs is 1. The van der Waals surface area contributed by atoms with Crippen LogP contribution in [0.4, 0.5) is 10.2 Å². The fourth-order valence-corrected chi connectivity index (χ4v) is 1.62. The van der Waals surface area contributed by atoms with Crippen LogP contribution >= 0.6 is 0 Å². The summed E-state index contributed by atoms with van der Waals surface area (Å²) in [5.41, 5.74) is 2.70. The molecule has 1 N–H and O–H groups in total. The van der Waals surface area contributed by atoms with Gasteiger partial charge in [0.2, 0.25) is 5.88 Å². The number of aromatic nitrogens is 3. The molecule has 0 saturated heterocycles. The first-order valence-corrected chi connectivity index (χ1v) is 5.30. The number of hydrogen-bond acceptors (Lipinski definition) is 4. The monoisotopic (exact) mass is 244 g/mol. The molecule has 0 spiro atoms. The van der Waals surface area contributed by atoms with Crippen molar-refractivity contribution in [3.8, 4) is 11.6 Å². The Morgan fingerprint density at radius 1 is 1.17 bits per heavy atom. The summed E-state index contributed by atoms with van der Waals surface area (Å²) in [6.45, 7) is 0. The minimum Gasteiger partial charge on any atom is -0.437 e. The van der Waals surface area contributed by atoms with E-state index in [2.05, 4.69) is 10.1 Å². The van der Waals surface area contributed by atoms with Gasteiger partial charge in [-0.2, -0.15) is 10.1 Å². The van der Waals surface area contributed by atoms with Crippen LogP contribution in [0.2, 0.25) is 0 Å². The highest BCUT2D eigenvalue weighted by atomic mass is 19.2. The predicted octanol–water partition coefficient (Wildman–Crippen LogP) is 2.82. The molecule has 0 atom stereocenters. The zero-order valence-corrected chi connectivity index (χ0v) is 9.25. The van der Waals surface area contributed by atoms with Crippen molar-refractivity contribution in [2.45, 2.75) is 0 Å². The Balaban J connectivity index is 1.93. The van der Waals surface area contributed by atoms with Gasteiger partial charge in [0.25, 0.3) is 0 Å². The van der Waals surface area contributed by atoms with E-state index in [0.29, 0.717) is 17.3 Å². The topological polar surface area (TPSA) is 51.5 Å². The highest BCUT2D eigenvalue weighted by Gasteiger charge is 2.05. The Hall–Kier alpha value is -2.63. The molecule has 0 radical (unpaired) electrons. The summed E-state index contributed by atoms with van der Waals surface area (Å²) in [6, 6.07) is 10.2. The van der Waals surface area contributed by atoms with Crippen molar-refractivity contribution < 1.29 is 9.22 Å². The molecule has 18 heavy (non-hydrogen) atoms. The van der Waals surface area contributed by atoms with Crippen LogP contribution in [0, 0.1) is 0 Å². The van der Waals surface area contributed by atoms with E-state index in [4.69, 9.17) is 4.74 Å². The Labute approximate surface area is 102 Å². The molecule has 90 valence electrons. The second kappa shape index (κ2) is 4.33. The van der Waals surface area contributed by atoms with Crippen LogP contribution < -0.4 is 10.3 Å². The molecular formula is C12H9FN4O. The lowest BCUT2D eigenvalue weighted by Gasteiger charge is -2.06. The first-order chi connectivity index (χ1) is 8.86. The van der Waals surface area contributed by atoms with E-state index < -0.39 is 0 Å². The van der Waals surface area contributed by atoms with Crippen LogP contribution in [0.15, 0.2) is 48.9 Å².